The van der Waals surface area contributed by atoms with Crippen LogP contribution in [-0.4, -0.2) is 18.9 Å². The zero-order valence-electron chi connectivity index (χ0n) is 11.2. The molecule has 19 heavy (non-hydrogen) atoms. The topological polar surface area (TPSA) is 53.1 Å². The van der Waals surface area contributed by atoms with E-state index in [1.165, 1.54) is 0 Å². The van der Waals surface area contributed by atoms with Crippen molar-refractivity contribution < 1.29 is 8.78 Å². The molecule has 1 aromatic rings. The molecule has 0 spiro atoms. The second kappa shape index (κ2) is 5.15. The maximum absolute atomic E-state index is 14.0. The van der Waals surface area contributed by atoms with Crippen LogP contribution in [-0.2, 0) is 0 Å². The smallest absolute Gasteiger partial charge is 0.150 e. The Morgan fingerprint density at radius 3 is 2.37 bits per heavy atom. The molecule has 1 aromatic carbocycles. The van der Waals surface area contributed by atoms with E-state index in [1.807, 2.05) is 0 Å². The normalized spacial score (nSPS) is 19.2. The molecule has 1 aliphatic heterocycles. The van der Waals surface area contributed by atoms with E-state index in [2.05, 4.69) is 13.8 Å². The number of benzene rings is 1. The fourth-order valence-corrected chi connectivity index (χ4v) is 2.56. The molecule has 0 amide bonds. The summed E-state index contributed by atoms with van der Waals surface area (Å²) in [7, 11) is 0. The zero-order chi connectivity index (χ0) is 14.2. The molecule has 1 unspecified atom stereocenters. The Kier molecular flexibility index (Phi) is 3.73. The van der Waals surface area contributed by atoms with E-state index >= 15 is 0 Å². The van der Waals surface area contributed by atoms with Gasteiger partial charge in [0.2, 0.25) is 0 Å². The fourth-order valence-electron chi connectivity index (χ4n) is 2.56. The second-order valence-corrected chi connectivity index (χ2v) is 5.44. The summed E-state index contributed by atoms with van der Waals surface area (Å²) < 4.78 is 28.0. The lowest BCUT2D eigenvalue weighted by Crippen LogP contribution is -2.24. The molecule has 2 rings (SSSR count). The molecule has 104 valence electrons. The van der Waals surface area contributed by atoms with Gasteiger partial charge in [-0.25, -0.2) is 8.78 Å². The number of nitrogens with one attached hydrogen (secondary N) is 1. The lowest BCUT2D eigenvalue weighted by atomic mass is 9.95. The summed E-state index contributed by atoms with van der Waals surface area (Å²) in [6, 6.07) is 2.26. The van der Waals surface area contributed by atoms with Crippen LogP contribution in [0.3, 0.4) is 0 Å². The van der Waals surface area contributed by atoms with Crippen molar-refractivity contribution >= 4 is 11.5 Å². The fraction of sp³-hybridized carbons (Fsp3) is 0.500. The average Bonchev–Trinajstić information content (AvgIpc) is 2.77. The summed E-state index contributed by atoms with van der Waals surface area (Å²) in [5.74, 6) is -0.645. The third kappa shape index (κ3) is 2.69. The maximum Gasteiger partial charge on any atom is 0.150 e. The molecule has 1 heterocycles. The third-order valence-corrected chi connectivity index (χ3v) is 3.81. The lowest BCUT2D eigenvalue weighted by molar-refractivity contribution is 0.422. The molecule has 3 N–H and O–H groups in total. The van der Waals surface area contributed by atoms with Crippen LogP contribution >= 0.6 is 0 Å². The summed E-state index contributed by atoms with van der Waals surface area (Å²) in [5, 5.41) is 7.23. The van der Waals surface area contributed by atoms with Gasteiger partial charge in [0.25, 0.3) is 0 Å². The summed E-state index contributed by atoms with van der Waals surface area (Å²) in [6.45, 7) is 5.58. The van der Waals surface area contributed by atoms with Gasteiger partial charge in [0.15, 0.2) is 0 Å². The van der Waals surface area contributed by atoms with Gasteiger partial charge in [-0.05, 0) is 30.4 Å². The number of nitrogens with zero attached hydrogens (tertiary/aromatic N) is 1. The van der Waals surface area contributed by atoms with E-state index in [0.29, 0.717) is 24.9 Å². The van der Waals surface area contributed by atoms with Gasteiger partial charge in [-0.3, -0.25) is 5.41 Å². The number of halogens is 2. The number of nitrogens with two attached hydrogens (primary N) is 1. The van der Waals surface area contributed by atoms with Gasteiger partial charge in [0.1, 0.15) is 23.2 Å². The highest BCUT2D eigenvalue weighted by Crippen LogP contribution is 2.32. The van der Waals surface area contributed by atoms with E-state index in [0.717, 1.165) is 18.6 Å². The number of rotatable bonds is 3. The molecule has 1 saturated heterocycles. The third-order valence-electron chi connectivity index (χ3n) is 3.81. The average molecular weight is 267 g/mol. The highest BCUT2D eigenvalue weighted by molar-refractivity contribution is 5.95. The van der Waals surface area contributed by atoms with Crippen molar-refractivity contribution in [2.45, 2.75) is 20.3 Å². The van der Waals surface area contributed by atoms with Crippen LogP contribution in [0.1, 0.15) is 25.8 Å². The van der Waals surface area contributed by atoms with Crippen LogP contribution in [0.25, 0.3) is 0 Å². The molecule has 1 atom stereocenters. The first kappa shape index (κ1) is 13.8. The molecular weight excluding hydrogens is 248 g/mol. The number of amidine groups is 1. The Balaban J connectivity index is 2.29. The van der Waals surface area contributed by atoms with Gasteiger partial charge in [0.05, 0.1) is 0 Å². The lowest BCUT2D eigenvalue weighted by Gasteiger charge is -2.21. The minimum absolute atomic E-state index is 0.00755. The van der Waals surface area contributed by atoms with Crippen LogP contribution in [0, 0.1) is 28.9 Å². The second-order valence-electron chi connectivity index (χ2n) is 5.44. The molecule has 5 heteroatoms. The quantitative estimate of drug-likeness (QED) is 0.653. The molecule has 1 fully saturated rings. The predicted octanol–water partition coefficient (Wildman–Crippen LogP) is 2.73. The van der Waals surface area contributed by atoms with Crippen molar-refractivity contribution in [2.24, 2.45) is 17.6 Å². The Bertz CT molecular complexity index is 476. The summed E-state index contributed by atoms with van der Waals surface area (Å²) >= 11 is 0. The molecule has 0 bridgehead atoms. The van der Waals surface area contributed by atoms with Crippen LogP contribution in [0.4, 0.5) is 14.5 Å². The van der Waals surface area contributed by atoms with Crippen LogP contribution < -0.4 is 10.6 Å². The van der Waals surface area contributed by atoms with Crippen LogP contribution in [0.5, 0.6) is 0 Å². The van der Waals surface area contributed by atoms with Gasteiger partial charge >= 0.3 is 0 Å². The number of hydrogen-bond donors (Lipinski definition) is 2. The van der Waals surface area contributed by atoms with Gasteiger partial charge in [0, 0.05) is 18.7 Å². The maximum atomic E-state index is 14.0. The molecule has 0 saturated carbocycles. The van der Waals surface area contributed by atoms with Crippen molar-refractivity contribution in [2.75, 3.05) is 18.0 Å². The number of nitrogen functional groups attached to an aromatic ring is 1. The van der Waals surface area contributed by atoms with Crippen molar-refractivity contribution in [3.05, 3.63) is 29.3 Å². The Morgan fingerprint density at radius 1 is 1.37 bits per heavy atom. The standard InChI is InChI=1S/C14H19F2N3/c1-8(2)9-3-4-19(7-9)13-11(15)5-10(14(17)18)6-12(13)16/h5-6,8-9H,3-4,7H2,1-2H3,(H3,17,18). The van der Waals surface area contributed by atoms with Gasteiger partial charge < -0.3 is 10.6 Å². The molecule has 3 nitrogen and oxygen atoms in total. The van der Waals surface area contributed by atoms with E-state index < -0.39 is 11.6 Å². The van der Waals surface area contributed by atoms with Gasteiger partial charge in [-0.1, -0.05) is 13.8 Å². The minimum Gasteiger partial charge on any atom is -0.384 e. The Hall–Kier alpha value is -1.65. The monoisotopic (exact) mass is 267 g/mol. The largest absolute Gasteiger partial charge is 0.384 e. The summed E-state index contributed by atoms with van der Waals surface area (Å²) in [5.41, 5.74) is 5.34. The van der Waals surface area contributed by atoms with Crippen LogP contribution in [0.15, 0.2) is 12.1 Å². The van der Waals surface area contributed by atoms with Crippen molar-refractivity contribution in [1.29, 1.82) is 5.41 Å². The predicted molar refractivity (Wildman–Crippen MR) is 72.5 cm³/mol. The first-order valence-electron chi connectivity index (χ1n) is 6.48. The van der Waals surface area contributed by atoms with Crippen molar-refractivity contribution in [3.63, 3.8) is 0 Å². The van der Waals surface area contributed by atoms with Crippen LogP contribution in [0.2, 0.25) is 0 Å². The number of anilines is 1. The van der Waals surface area contributed by atoms with E-state index in [4.69, 9.17) is 11.1 Å². The Labute approximate surface area is 111 Å². The van der Waals surface area contributed by atoms with E-state index in [9.17, 15) is 8.78 Å². The zero-order valence-corrected chi connectivity index (χ0v) is 11.2. The van der Waals surface area contributed by atoms with Crippen molar-refractivity contribution in [1.82, 2.24) is 0 Å². The first-order chi connectivity index (χ1) is 8.90. The molecule has 1 aliphatic rings. The van der Waals surface area contributed by atoms with Gasteiger partial charge in [-0.2, -0.15) is 0 Å². The highest BCUT2D eigenvalue weighted by atomic mass is 19.1. The molecule has 0 aliphatic carbocycles. The first-order valence-corrected chi connectivity index (χ1v) is 6.48. The summed E-state index contributed by atoms with van der Waals surface area (Å²) in [6.07, 6.45) is 0.949. The minimum atomic E-state index is -0.644. The molecular formula is C14H19F2N3. The van der Waals surface area contributed by atoms with E-state index in [1.54, 1.807) is 4.90 Å². The number of hydrogen-bond acceptors (Lipinski definition) is 2. The summed E-state index contributed by atoms with van der Waals surface area (Å²) in [4.78, 5) is 1.75. The molecule has 0 aromatic heterocycles. The molecule has 0 radical (unpaired) electrons. The Morgan fingerprint density at radius 2 is 1.95 bits per heavy atom. The SMILES string of the molecule is CC(C)C1CCN(c2c(F)cc(C(=N)N)cc2F)C1. The van der Waals surface area contributed by atoms with Gasteiger partial charge in [-0.15, -0.1) is 0 Å². The van der Waals surface area contributed by atoms with Crippen molar-refractivity contribution in [3.8, 4) is 0 Å². The highest BCUT2D eigenvalue weighted by Gasteiger charge is 2.28. The van der Waals surface area contributed by atoms with E-state index in [-0.39, 0.29) is 17.1 Å².